The molecule has 18 heavy (non-hydrogen) atoms. The van der Waals surface area contributed by atoms with E-state index in [0.717, 1.165) is 17.9 Å². The first-order valence-electron chi connectivity index (χ1n) is 7.05. The molecule has 3 heteroatoms. The van der Waals surface area contributed by atoms with Gasteiger partial charge in [0.2, 0.25) is 0 Å². The number of rotatable bonds is 4. The zero-order chi connectivity index (χ0) is 13.0. The molecule has 0 atom stereocenters. The van der Waals surface area contributed by atoms with Gasteiger partial charge < -0.3 is 10.2 Å². The minimum atomic E-state index is 0.655. The number of pyridine rings is 1. The fourth-order valence-corrected chi connectivity index (χ4v) is 2.57. The van der Waals surface area contributed by atoms with Gasteiger partial charge in [0, 0.05) is 24.3 Å². The van der Waals surface area contributed by atoms with E-state index in [9.17, 15) is 0 Å². The number of piperidine rings is 1. The van der Waals surface area contributed by atoms with Gasteiger partial charge >= 0.3 is 0 Å². The molecule has 0 aromatic carbocycles. The highest BCUT2D eigenvalue weighted by Crippen LogP contribution is 2.13. The Kier molecular flexibility index (Phi) is 4.72. The maximum absolute atomic E-state index is 4.53. The van der Waals surface area contributed by atoms with E-state index < -0.39 is 0 Å². The molecule has 0 amide bonds. The molecule has 1 aliphatic heterocycles. The fraction of sp³-hybridized carbons (Fsp3) is 0.667. The SMILES string of the molecule is Cc1cccc(CNC2CCN(C(C)C)CC2)n1. The highest BCUT2D eigenvalue weighted by atomic mass is 15.2. The second-order valence-electron chi connectivity index (χ2n) is 5.56. The van der Waals surface area contributed by atoms with Crippen molar-refractivity contribution < 1.29 is 0 Å². The van der Waals surface area contributed by atoms with Crippen LogP contribution >= 0.6 is 0 Å². The number of hydrogen-bond acceptors (Lipinski definition) is 3. The van der Waals surface area contributed by atoms with E-state index >= 15 is 0 Å². The summed E-state index contributed by atoms with van der Waals surface area (Å²) in [5.74, 6) is 0. The molecule has 0 aliphatic carbocycles. The van der Waals surface area contributed by atoms with Crippen LogP contribution in [0.5, 0.6) is 0 Å². The van der Waals surface area contributed by atoms with Gasteiger partial charge in [-0.05, 0) is 58.8 Å². The molecule has 0 spiro atoms. The first-order chi connectivity index (χ1) is 8.65. The molecular weight excluding hydrogens is 222 g/mol. The number of nitrogens with zero attached hydrogens (tertiary/aromatic N) is 2. The van der Waals surface area contributed by atoms with Crippen LogP contribution in [0.1, 0.15) is 38.1 Å². The fourth-order valence-electron chi connectivity index (χ4n) is 2.57. The Labute approximate surface area is 111 Å². The average Bonchev–Trinajstić information content (AvgIpc) is 2.37. The van der Waals surface area contributed by atoms with E-state index in [1.54, 1.807) is 0 Å². The monoisotopic (exact) mass is 247 g/mol. The summed E-state index contributed by atoms with van der Waals surface area (Å²) in [5, 5.41) is 3.64. The predicted molar refractivity (Wildman–Crippen MR) is 75.5 cm³/mol. The summed E-state index contributed by atoms with van der Waals surface area (Å²) < 4.78 is 0. The van der Waals surface area contributed by atoms with Gasteiger partial charge in [0.25, 0.3) is 0 Å². The molecule has 1 aliphatic rings. The Balaban J connectivity index is 1.75. The van der Waals surface area contributed by atoms with Crippen molar-refractivity contribution in [3.05, 3.63) is 29.6 Å². The highest BCUT2D eigenvalue weighted by Gasteiger charge is 2.20. The quantitative estimate of drug-likeness (QED) is 0.885. The molecule has 0 saturated carbocycles. The van der Waals surface area contributed by atoms with Gasteiger partial charge in [-0.1, -0.05) is 6.07 Å². The first-order valence-corrected chi connectivity index (χ1v) is 7.05. The zero-order valence-electron chi connectivity index (χ0n) is 11.8. The summed E-state index contributed by atoms with van der Waals surface area (Å²) in [6.45, 7) is 9.95. The number of aromatic nitrogens is 1. The van der Waals surface area contributed by atoms with Crippen molar-refractivity contribution in [3.8, 4) is 0 Å². The van der Waals surface area contributed by atoms with Crippen molar-refractivity contribution in [1.29, 1.82) is 0 Å². The van der Waals surface area contributed by atoms with Crippen molar-refractivity contribution >= 4 is 0 Å². The largest absolute Gasteiger partial charge is 0.308 e. The second-order valence-corrected chi connectivity index (χ2v) is 5.56. The zero-order valence-corrected chi connectivity index (χ0v) is 11.8. The van der Waals surface area contributed by atoms with Gasteiger partial charge in [0.1, 0.15) is 0 Å². The standard InChI is InChI=1S/C15H25N3/c1-12(2)18-9-7-14(8-10-18)16-11-15-6-4-5-13(3)17-15/h4-6,12,14,16H,7-11H2,1-3H3. The van der Waals surface area contributed by atoms with Gasteiger partial charge in [-0.2, -0.15) is 0 Å². The summed E-state index contributed by atoms with van der Waals surface area (Å²) >= 11 is 0. The van der Waals surface area contributed by atoms with Gasteiger partial charge in [0.05, 0.1) is 5.69 Å². The Morgan fingerprint density at radius 2 is 2.06 bits per heavy atom. The smallest absolute Gasteiger partial charge is 0.0544 e. The number of likely N-dealkylation sites (tertiary alicyclic amines) is 1. The molecule has 3 nitrogen and oxygen atoms in total. The molecule has 1 saturated heterocycles. The van der Waals surface area contributed by atoms with Crippen LogP contribution in [0.2, 0.25) is 0 Å². The highest BCUT2D eigenvalue weighted by molar-refractivity contribution is 5.09. The lowest BCUT2D eigenvalue weighted by Gasteiger charge is -2.34. The maximum atomic E-state index is 4.53. The van der Waals surface area contributed by atoms with E-state index in [0.29, 0.717) is 12.1 Å². The van der Waals surface area contributed by atoms with E-state index in [2.05, 4.69) is 41.2 Å². The van der Waals surface area contributed by atoms with Crippen LogP contribution in [0.3, 0.4) is 0 Å². The van der Waals surface area contributed by atoms with Crippen molar-refractivity contribution in [1.82, 2.24) is 15.2 Å². The lowest BCUT2D eigenvalue weighted by molar-refractivity contribution is 0.160. The normalized spacial score (nSPS) is 18.4. The third-order valence-corrected chi connectivity index (χ3v) is 3.78. The lowest BCUT2D eigenvalue weighted by atomic mass is 10.0. The van der Waals surface area contributed by atoms with Gasteiger partial charge in [-0.15, -0.1) is 0 Å². The molecule has 2 heterocycles. The predicted octanol–water partition coefficient (Wildman–Crippen LogP) is 2.35. The topological polar surface area (TPSA) is 28.2 Å². The number of aryl methyl sites for hydroxylation is 1. The first kappa shape index (κ1) is 13.5. The van der Waals surface area contributed by atoms with Gasteiger partial charge in [-0.3, -0.25) is 4.98 Å². The summed E-state index contributed by atoms with van der Waals surface area (Å²) in [6, 6.07) is 7.57. The van der Waals surface area contributed by atoms with Crippen molar-refractivity contribution in [2.75, 3.05) is 13.1 Å². The molecular formula is C15H25N3. The molecule has 2 rings (SSSR count). The lowest BCUT2D eigenvalue weighted by Crippen LogP contribution is -2.44. The summed E-state index contributed by atoms with van der Waals surface area (Å²) in [4.78, 5) is 7.09. The third kappa shape index (κ3) is 3.79. The molecule has 1 fully saturated rings. The van der Waals surface area contributed by atoms with Crippen LogP contribution in [0.15, 0.2) is 18.2 Å². The van der Waals surface area contributed by atoms with Crippen LogP contribution in [0.25, 0.3) is 0 Å². The van der Waals surface area contributed by atoms with Gasteiger partial charge in [-0.25, -0.2) is 0 Å². The number of hydrogen-bond donors (Lipinski definition) is 1. The Bertz CT molecular complexity index is 368. The summed E-state index contributed by atoms with van der Waals surface area (Å²) in [6.07, 6.45) is 2.51. The molecule has 100 valence electrons. The number of nitrogens with one attached hydrogen (secondary N) is 1. The van der Waals surface area contributed by atoms with Crippen LogP contribution in [0.4, 0.5) is 0 Å². The maximum Gasteiger partial charge on any atom is 0.0544 e. The van der Waals surface area contributed by atoms with E-state index in [1.165, 1.54) is 25.9 Å². The summed E-state index contributed by atoms with van der Waals surface area (Å²) in [5.41, 5.74) is 2.25. The van der Waals surface area contributed by atoms with E-state index in [4.69, 9.17) is 0 Å². The van der Waals surface area contributed by atoms with Crippen molar-refractivity contribution in [3.63, 3.8) is 0 Å². The minimum Gasteiger partial charge on any atom is -0.308 e. The summed E-state index contributed by atoms with van der Waals surface area (Å²) in [7, 11) is 0. The van der Waals surface area contributed by atoms with Gasteiger partial charge in [0.15, 0.2) is 0 Å². The molecule has 0 unspecified atom stereocenters. The van der Waals surface area contributed by atoms with Crippen molar-refractivity contribution in [2.24, 2.45) is 0 Å². The molecule has 1 aromatic heterocycles. The Hall–Kier alpha value is -0.930. The Morgan fingerprint density at radius 3 is 2.67 bits per heavy atom. The molecule has 1 aromatic rings. The van der Waals surface area contributed by atoms with Crippen molar-refractivity contribution in [2.45, 2.75) is 52.2 Å². The van der Waals surface area contributed by atoms with Crippen LogP contribution < -0.4 is 5.32 Å². The van der Waals surface area contributed by atoms with Crippen LogP contribution in [-0.4, -0.2) is 35.1 Å². The average molecular weight is 247 g/mol. The Morgan fingerprint density at radius 1 is 1.33 bits per heavy atom. The molecule has 0 bridgehead atoms. The van der Waals surface area contributed by atoms with E-state index in [1.807, 2.05) is 13.0 Å². The minimum absolute atomic E-state index is 0.655. The second kappa shape index (κ2) is 6.30. The molecule has 0 radical (unpaired) electrons. The third-order valence-electron chi connectivity index (χ3n) is 3.78. The van der Waals surface area contributed by atoms with Crippen LogP contribution in [-0.2, 0) is 6.54 Å². The molecule has 1 N–H and O–H groups in total. The van der Waals surface area contributed by atoms with E-state index in [-0.39, 0.29) is 0 Å². The van der Waals surface area contributed by atoms with Crippen LogP contribution in [0, 0.1) is 6.92 Å².